The van der Waals surface area contributed by atoms with Crippen molar-refractivity contribution in [2.24, 2.45) is 4.99 Å². The summed E-state index contributed by atoms with van der Waals surface area (Å²) in [5.74, 6) is 0.566. The van der Waals surface area contributed by atoms with Crippen LogP contribution in [0.1, 0.15) is 12.5 Å². The van der Waals surface area contributed by atoms with Gasteiger partial charge in [-0.1, -0.05) is 28.6 Å². The van der Waals surface area contributed by atoms with E-state index in [9.17, 15) is 9.18 Å². The molecule has 5 nitrogen and oxygen atoms in total. The number of carbonyl (C=O) groups is 1. The minimum absolute atomic E-state index is 0.257. The molecule has 150 valence electrons. The van der Waals surface area contributed by atoms with Crippen LogP contribution in [0.15, 0.2) is 63.4 Å². The maximum Gasteiger partial charge on any atom is 0.264 e. The molecule has 1 amide bonds. The van der Waals surface area contributed by atoms with Gasteiger partial charge in [0.1, 0.15) is 12.4 Å². The molecule has 2 aromatic rings. The van der Waals surface area contributed by atoms with Crippen molar-refractivity contribution in [3.8, 4) is 11.5 Å². The van der Waals surface area contributed by atoms with Crippen molar-refractivity contribution < 1.29 is 18.7 Å². The SMILES string of the molecule is C=CCOc1cc(Br)c(/C=C2/SC(=Nc3ccc(F)cc3)NC2=O)cc1OCC. The Morgan fingerprint density at radius 3 is 2.66 bits per heavy atom. The first-order valence-corrected chi connectivity index (χ1v) is 10.4. The van der Waals surface area contributed by atoms with Gasteiger partial charge >= 0.3 is 0 Å². The van der Waals surface area contributed by atoms with Gasteiger partial charge in [-0.05, 0) is 66.7 Å². The van der Waals surface area contributed by atoms with Gasteiger partial charge in [0.25, 0.3) is 5.91 Å². The summed E-state index contributed by atoms with van der Waals surface area (Å²) in [7, 11) is 0. The van der Waals surface area contributed by atoms with E-state index in [1.54, 1.807) is 30.4 Å². The molecule has 0 aliphatic carbocycles. The number of benzene rings is 2. The molecule has 1 fully saturated rings. The topological polar surface area (TPSA) is 59.9 Å². The van der Waals surface area contributed by atoms with E-state index in [-0.39, 0.29) is 11.7 Å². The molecule has 1 heterocycles. The quantitative estimate of drug-likeness (QED) is 0.426. The number of amidine groups is 1. The average Bonchev–Trinajstić information content (AvgIpc) is 3.04. The minimum Gasteiger partial charge on any atom is -0.490 e. The number of halogens is 2. The Morgan fingerprint density at radius 1 is 1.24 bits per heavy atom. The highest BCUT2D eigenvalue weighted by molar-refractivity contribution is 9.10. The summed E-state index contributed by atoms with van der Waals surface area (Å²) in [5.41, 5.74) is 1.32. The zero-order valence-electron chi connectivity index (χ0n) is 15.6. The van der Waals surface area contributed by atoms with Crippen molar-refractivity contribution in [2.75, 3.05) is 13.2 Å². The number of ether oxygens (including phenoxy) is 2. The molecule has 3 rings (SSSR count). The van der Waals surface area contributed by atoms with Crippen LogP contribution in [-0.2, 0) is 4.79 Å². The number of hydrogen-bond acceptors (Lipinski definition) is 5. The number of nitrogens with zero attached hydrogens (tertiary/aromatic N) is 1. The Bertz CT molecular complexity index is 990. The summed E-state index contributed by atoms with van der Waals surface area (Å²) in [4.78, 5) is 17.2. The second-order valence-electron chi connectivity index (χ2n) is 5.81. The molecule has 0 saturated carbocycles. The van der Waals surface area contributed by atoms with Crippen LogP contribution in [0.2, 0.25) is 0 Å². The standard InChI is InChI=1S/C21H18BrFN2O3S/c1-3-9-28-18-12-16(22)13(10-17(18)27-4-2)11-19-20(26)25-21(29-19)24-15-7-5-14(23)6-8-15/h3,5-8,10-12H,1,4,9H2,2H3,(H,24,25,26)/b19-11+. The first-order chi connectivity index (χ1) is 14.0. The number of nitrogens with one attached hydrogen (secondary N) is 1. The van der Waals surface area contributed by atoms with Crippen LogP contribution in [0.4, 0.5) is 10.1 Å². The van der Waals surface area contributed by atoms with Gasteiger partial charge in [-0.3, -0.25) is 4.79 Å². The van der Waals surface area contributed by atoms with Crippen molar-refractivity contribution >= 4 is 50.5 Å². The zero-order chi connectivity index (χ0) is 20.8. The Kier molecular flexibility index (Phi) is 7.11. The fourth-order valence-corrected chi connectivity index (χ4v) is 3.72. The fraction of sp³-hybridized carbons (Fsp3) is 0.143. The average molecular weight is 477 g/mol. The zero-order valence-corrected chi connectivity index (χ0v) is 18.0. The molecule has 1 aliphatic rings. The monoisotopic (exact) mass is 476 g/mol. The van der Waals surface area contributed by atoms with Crippen molar-refractivity contribution in [1.82, 2.24) is 5.32 Å². The van der Waals surface area contributed by atoms with E-state index >= 15 is 0 Å². The predicted octanol–water partition coefficient (Wildman–Crippen LogP) is 5.44. The highest BCUT2D eigenvalue weighted by Gasteiger charge is 2.24. The molecule has 2 aromatic carbocycles. The largest absolute Gasteiger partial charge is 0.490 e. The highest BCUT2D eigenvalue weighted by Crippen LogP contribution is 2.37. The van der Waals surface area contributed by atoms with Gasteiger partial charge in [-0.15, -0.1) is 0 Å². The summed E-state index contributed by atoms with van der Waals surface area (Å²) in [6, 6.07) is 9.33. The van der Waals surface area contributed by atoms with E-state index in [2.05, 4.69) is 32.8 Å². The van der Waals surface area contributed by atoms with Gasteiger partial charge in [0, 0.05) is 4.47 Å². The first-order valence-electron chi connectivity index (χ1n) is 8.75. The van der Waals surface area contributed by atoms with E-state index < -0.39 is 0 Å². The maximum absolute atomic E-state index is 13.0. The fourth-order valence-electron chi connectivity index (χ4n) is 2.45. The van der Waals surface area contributed by atoms with Gasteiger partial charge in [0.2, 0.25) is 0 Å². The summed E-state index contributed by atoms with van der Waals surface area (Å²) < 4.78 is 25.1. The van der Waals surface area contributed by atoms with E-state index in [0.29, 0.717) is 40.5 Å². The van der Waals surface area contributed by atoms with Gasteiger partial charge in [0.15, 0.2) is 16.7 Å². The second-order valence-corrected chi connectivity index (χ2v) is 7.70. The number of rotatable bonds is 7. The number of thioether (sulfide) groups is 1. The van der Waals surface area contributed by atoms with E-state index in [1.807, 2.05) is 13.0 Å². The van der Waals surface area contributed by atoms with Crippen molar-refractivity contribution in [3.05, 3.63) is 69.8 Å². The maximum atomic E-state index is 13.0. The van der Waals surface area contributed by atoms with E-state index in [1.165, 1.54) is 23.9 Å². The Labute approximate surface area is 180 Å². The number of aliphatic imine (C=N–C) groups is 1. The van der Waals surface area contributed by atoms with Crippen LogP contribution in [0, 0.1) is 5.82 Å². The normalized spacial score (nSPS) is 16.2. The third-order valence-electron chi connectivity index (χ3n) is 3.71. The number of amides is 1. The van der Waals surface area contributed by atoms with Gasteiger partial charge in [-0.25, -0.2) is 9.38 Å². The summed E-state index contributed by atoms with van der Waals surface area (Å²) in [5, 5.41) is 3.15. The number of carbonyl (C=O) groups excluding carboxylic acids is 1. The number of hydrogen-bond donors (Lipinski definition) is 1. The Morgan fingerprint density at radius 2 is 1.97 bits per heavy atom. The Hall–Kier alpha value is -2.58. The van der Waals surface area contributed by atoms with Gasteiger partial charge < -0.3 is 14.8 Å². The smallest absolute Gasteiger partial charge is 0.264 e. The third kappa shape index (κ3) is 5.48. The van der Waals surface area contributed by atoms with E-state index in [0.717, 1.165) is 10.0 Å². The lowest BCUT2D eigenvalue weighted by Crippen LogP contribution is -2.19. The van der Waals surface area contributed by atoms with Crippen molar-refractivity contribution in [3.63, 3.8) is 0 Å². The summed E-state index contributed by atoms with van der Waals surface area (Å²) >= 11 is 4.72. The second kappa shape index (κ2) is 9.76. The molecule has 0 bridgehead atoms. The third-order valence-corrected chi connectivity index (χ3v) is 5.31. The van der Waals surface area contributed by atoms with Crippen molar-refractivity contribution in [1.29, 1.82) is 0 Å². The molecular weight excluding hydrogens is 459 g/mol. The molecule has 1 saturated heterocycles. The lowest BCUT2D eigenvalue weighted by atomic mass is 10.2. The highest BCUT2D eigenvalue weighted by atomic mass is 79.9. The Balaban J connectivity index is 1.87. The summed E-state index contributed by atoms with van der Waals surface area (Å²) in [6.45, 7) is 6.36. The molecule has 29 heavy (non-hydrogen) atoms. The lowest BCUT2D eigenvalue weighted by Gasteiger charge is -2.13. The van der Waals surface area contributed by atoms with E-state index in [4.69, 9.17) is 9.47 Å². The molecule has 0 aromatic heterocycles. The lowest BCUT2D eigenvalue weighted by molar-refractivity contribution is -0.115. The van der Waals surface area contributed by atoms with Crippen LogP contribution < -0.4 is 14.8 Å². The van der Waals surface area contributed by atoms with Crippen LogP contribution in [0.25, 0.3) is 6.08 Å². The van der Waals surface area contributed by atoms with Crippen molar-refractivity contribution in [2.45, 2.75) is 6.92 Å². The molecular formula is C21H18BrFN2O3S. The van der Waals surface area contributed by atoms with Gasteiger partial charge in [-0.2, -0.15) is 0 Å². The van der Waals surface area contributed by atoms with Gasteiger partial charge in [0.05, 0.1) is 17.2 Å². The molecule has 0 radical (unpaired) electrons. The predicted molar refractivity (Wildman–Crippen MR) is 118 cm³/mol. The first kappa shape index (κ1) is 21.1. The van der Waals surface area contributed by atoms with Crippen LogP contribution in [-0.4, -0.2) is 24.3 Å². The minimum atomic E-state index is -0.340. The van der Waals surface area contributed by atoms with Crippen LogP contribution in [0.5, 0.6) is 11.5 Å². The molecule has 1 N–H and O–H groups in total. The summed E-state index contributed by atoms with van der Waals surface area (Å²) in [6.07, 6.45) is 3.40. The molecule has 1 aliphatic heterocycles. The molecule has 0 atom stereocenters. The van der Waals surface area contributed by atoms with Crippen LogP contribution in [0.3, 0.4) is 0 Å². The molecule has 0 spiro atoms. The molecule has 0 unspecified atom stereocenters. The van der Waals surface area contributed by atoms with Crippen LogP contribution >= 0.6 is 27.7 Å². The molecule has 8 heteroatoms.